The van der Waals surface area contributed by atoms with E-state index in [1.165, 1.54) is 13.8 Å². The van der Waals surface area contributed by atoms with Crippen LogP contribution >= 0.6 is 0 Å². The van der Waals surface area contributed by atoms with Gasteiger partial charge in [-0.1, -0.05) is 67.7 Å². The van der Waals surface area contributed by atoms with E-state index in [0.717, 1.165) is 0 Å². The lowest BCUT2D eigenvalue weighted by Gasteiger charge is -2.30. The average Bonchev–Trinajstić information content (AvgIpc) is 3.65. The number of primary amides is 1. The van der Waals surface area contributed by atoms with Gasteiger partial charge in [-0.2, -0.15) is 0 Å². The van der Waals surface area contributed by atoms with Gasteiger partial charge in [0, 0.05) is 31.1 Å². The zero-order chi connectivity index (χ0) is 47.0. The highest BCUT2D eigenvalue weighted by Crippen LogP contribution is 2.25. The van der Waals surface area contributed by atoms with Crippen molar-refractivity contribution in [1.29, 1.82) is 0 Å². The molecule has 0 aromatic rings. The van der Waals surface area contributed by atoms with Crippen molar-refractivity contribution in [3.8, 4) is 0 Å². The number of hydrogen-bond acceptors (Lipinski definition) is 14. The number of aliphatic hydroxyl groups is 1. The van der Waals surface area contributed by atoms with E-state index >= 15 is 0 Å². The standard InChI is InChI=1S/C42H71N9O11/c1-10-20(4)28(17-30(53)23(7)13-14-32(43)55)38(58)49-33(21(5)11-2)31(54)15-26(19-52)37(57)51-35-25(9)62-41(61)34(22(6)12-3)50-39(59)29(16-27-18-45-42(44)47-27)48-36(56)24(8)46-40(35)60/h20-29,33-35,52H,10-19H2,1-9H3,(H2,43,55)(H,46,60)(H,48,56)(H,49,58)(H,50,59)(H,51,57)(H3,44,45,47)/t20-,21-,22-,23+,24-,25-,26-,27-,28+,29-,33-,34-,35+/m0/s1. The molecule has 6 amide bonds. The van der Waals surface area contributed by atoms with Crippen molar-refractivity contribution in [3.05, 3.63) is 0 Å². The van der Waals surface area contributed by atoms with Gasteiger partial charge < -0.3 is 53.2 Å². The monoisotopic (exact) mass is 878 g/mol. The summed E-state index contributed by atoms with van der Waals surface area (Å²) in [7, 11) is 0. The predicted octanol–water partition coefficient (Wildman–Crippen LogP) is -0.765. The molecule has 20 nitrogen and oxygen atoms in total. The Morgan fingerprint density at radius 2 is 1.48 bits per heavy atom. The van der Waals surface area contributed by atoms with Crippen molar-refractivity contribution in [1.82, 2.24) is 31.9 Å². The molecule has 2 aliphatic rings. The zero-order valence-corrected chi connectivity index (χ0v) is 37.7. The summed E-state index contributed by atoms with van der Waals surface area (Å²) in [6.45, 7) is 14.5. The topological polar surface area (TPSA) is 320 Å². The van der Waals surface area contributed by atoms with Gasteiger partial charge in [0.25, 0.3) is 0 Å². The minimum absolute atomic E-state index is 0.0218. The third-order valence-electron chi connectivity index (χ3n) is 12.2. The van der Waals surface area contributed by atoms with E-state index in [4.69, 9.17) is 16.2 Å². The molecule has 2 rings (SSSR count). The molecule has 11 N–H and O–H groups in total. The average molecular weight is 878 g/mol. The third-order valence-corrected chi connectivity index (χ3v) is 12.2. The maximum absolute atomic E-state index is 14.0. The fraction of sp³-hybridized carbons (Fsp3) is 0.762. The first-order valence-corrected chi connectivity index (χ1v) is 21.8. The summed E-state index contributed by atoms with van der Waals surface area (Å²) in [6, 6.07) is -6.80. The number of amides is 6. The number of esters is 1. The molecule has 0 aliphatic carbocycles. The summed E-state index contributed by atoms with van der Waals surface area (Å²) >= 11 is 0. The number of carbonyl (C=O) groups excluding carboxylic acids is 9. The highest BCUT2D eigenvalue weighted by molar-refractivity contribution is 5.98. The smallest absolute Gasteiger partial charge is 0.329 e. The molecule has 13 atom stereocenters. The molecule has 1 fully saturated rings. The number of ether oxygens (including phenoxy) is 1. The summed E-state index contributed by atoms with van der Waals surface area (Å²) < 4.78 is 5.71. The molecule has 0 saturated carbocycles. The Labute approximate surface area is 364 Å². The largest absolute Gasteiger partial charge is 0.458 e. The maximum atomic E-state index is 14.0. The molecule has 0 radical (unpaired) electrons. The number of nitrogens with two attached hydrogens (primary N) is 2. The molecular weight excluding hydrogens is 807 g/mol. The fourth-order valence-electron chi connectivity index (χ4n) is 7.16. The molecule has 0 aromatic heterocycles. The molecule has 0 aromatic carbocycles. The van der Waals surface area contributed by atoms with Crippen LogP contribution in [0, 0.1) is 35.5 Å². The van der Waals surface area contributed by atoms with Gasteiger partial charge in [-0.3, -0.25) is 43.3 Å². The van der Waals surface area contributed by atoms with Gasteiger partial charge in [0.15, 0.2) is 11.7 Å². The van der Waals surface area contributed by atoms with Crippen LogP contribution in [0.1, 0.15) is 114 Å². The van der Waals surface area contributed by atoms with Crippen molar-refractivity contribution in [2.75, 3.05) is 13.2 Å². The number of aliphatic hydroxyl groups excluding tert-OH is 1. The van der Waals surface area contributed by atoms with Crippen molar-refractivity contribution >= 4 is 58.9 Å². The Morgan fingerprint density at radius 3 is 2.03 bits per heavy atom. The fourth-order valence-corrected chi connectivity index (χ4v) is 7.16. The number of nitrogens with one attached hydrogen (secondary N) is 6. The van der Waals surface area contributed by atoms with Crippen molar-refractivity contribution in [2.24, 2.45) is 52.0 Å². The first-order chi connectivity index (χ1) is 29.1. The number of guanidine groups is 1. The van der Waals surface area contributed by atoms with Crippen LogP contribution in [0.15, 0.2) is 4.99 Å². The molecule has 0 bridgehead atoms. The first kappa shape index (κ1) is 53.0. The summed E-state index contributed by atoms with van der Waals surface area (Å²) in [5.74, 6) is -9.81. The van der Waals surface area contributed by atoms with Crippen LogP contribution in [0.25, 0.3) is 0 Å². The lowest BCUT2D eigenvalue weighted by Crippen LogP contribution is -2.59. The van der Waals surface area contributed by atoms with E-state index in [2.05, 4.69) is 36.9 Å². The zero-order valence-electron chi connectivity index (χ0n) is 37.7. The highest BCUT2D eigenvalue weighted by Gasteiger charge is 2.40. The molecule has 0 spiro atoms. The number of nitrogens with zero attached hydrogens (tertiary/aromatic N) is 1. The van der Waals surface area contributed by atoms with E-state index in [-0.39, 0.29) is 49.9 Å². The minimum atomic E-state index is -1.64. The Balaban J connectivity index is 2.36. The van der Waals surface area contributed by atoms with Crippen molar-refractivity contribution < 1.29 is 53.0 Å². The van der Waals surface area contributed by atoms with Crippen LogP contribution in [0.4, 0.5) is 0 Å². The maximum Gasteiger partial charge on any atom is 0.329 e. The normalized spacial score (nSPS) is 25.7. The number of cyclic esters (lactones) is 1. The molecule has 62 heavy (non-hydrogen) atoms. The van der Waals surface area contributed by atoms with E-state index in [1.54, 1.807) is 27.7 Å². The van der Waals surface area contributed by atoms with Gasteiger partial charge in [0.05, 0.1) is 31.2 Å². The van der Waals surface area contributed by atoms with E-state index in [1.807, 2.05) is 20.8 Å². The van der Waals surface area contributed by atoms with E-state index in [0.29, 0.717) is 19.3 Å². The molecule has 2 aliphatic heterocycles. The number of rotatable bonds is 22. The summed E-state index contributed by atoms with van der Waals surface area (Å²) in [6.07, 6.45) is -0.341. The summed E-state index contributed by atoms with van der Waals surface area (Å²) in [5, 5.41) is 26.5. The molecule has 350 valence electrons. The number of aliphatic imine (C=N–C) groups is 1. The van der Waals surface area contributed by atoms with Gasteiger partial charge in [-0.15, -0.1) is 0 Å². The molecule has 20 heteroatoms. The van der Waals surface area contributed by atoms with Crippen LogP contribution in [-0.2, 0) is 47.9 Å². The van der Waals surface area contributed by atoms with Crippen LogP contribution < -0.4 is 43.4 Å². The second kappa shape index (κ2) is 25.1. The molecule has 1 saturated heterocycles. The van der Waals surface area contributed by atoms with Crippen LogP contribution in [0.5, 0.6) is 0 Å². The van der Waals surface area contributed by atoms with Crippen molar-refractivity contribution in [2.45, 2.75) is 156 Å². The summed E-state index contributed by atoms with van der Waals surface area (Å²) in [5.41, 5.74) is 11.0. The Morgan fingerprint density at radius 1 is 0.839 bits per heavy atom. The SMILES string of the molecule is CC[C@H](C)[C@H](NC(=O)[C@H](CC(=O)[C@H](C)CCC(N)=O)[C@@H](C)CC)C(=O)C[C@@H](CO)C(=O)N[C@H]1C(=O)N[C@@H](C)C(=O)N[C@@H](C[C@H]2CN=C(N)N2)C(=O)N[C@@H]([C@@H](C)CC)C(=O)O[C@H]1C. The second-order valence-electron chi connectivity index (χ2n) is 17.1. The molecular formula is C42H71N9O11. The van der Waals surface area contributed by atoms with Gasteiger partial charge >= 0.3 is 5.97 Å². The Kier molecular flexibility index (Phi) is 21.4. The molecule has 2 heterocycles. The second-order valence-corrected chi connectivity index (χ2v) is 17.1. The van der Waals surface area contributed by atoms with E-state index < -0.39 is 132 Å². The van der Waals surface area contributed by atoms with Crippen LogP contribution in [-0.4, -0.2) is 120 Å². The highest BCUT2D eigenvalue weighted by atomic mass is 16.5. The number of carbonyl (C=O) groups is 9. The lowest BCUT2D eigenvalue weighted by atomic mass is 9.82. The summed E-state index contributed by atoms with van der Waals surface area (Å²) in [4.78, 5) is 125. The van der Waals surface area contributed by atoms with Crippen LogP contribution in [0.2, 0.25) is 0 Å². The third kappa shape index (κ3) is 15.6. The van der Waals surface area contributed by atoms with E-state index in [9.17, 15) is 48.3 Å². The number of hydrogen-bond donors (Lipinski definition) is 9. The minimum Gasteiger partial charge on any atom is -0.458 e. The molecule has 0 unspecified atom stereocenters. The van der Waals surface area contributed by atoms with Gasteiger partial charge in [-0.05, 0) is 44.4 Å². The number of ketones is 2. The van der Waals surface area contributed by atoms with Gasteiger partial charge in [0.2, 0.25) is 35.4 Å². The van der Waals surface area contributed by atoms with Gasteiger partial charge in [-0.25, -0.2) is 4.79 Å². The Hall–Kier alpha value is -5.14. The predicted molar refractivity (Wildman–Crippen MR) is 228 cm³/mol. The number of Topliss-reactive ketones (excluding diaryl/α,β-unsaturated/α-hetero) is 2. The van der Waals surface area contributed by atoms with Crippen molar-refractivity contribution in [3.63, 3.8) is 0 Å². The van der Waals surface area contributed by atoms with Crippen LogP contribution in [0.3, 0.4) is 0 Å². The first-order valence-electron chi connectivity index (χ1n) is 21.8. The quantitative estimate of drug-likeness (QED) is 0.0605. The van der Waals surface area contributed by atoms with Gasteiger partial charge in [0.1, 0.15) is 36.1 Å². The lowest BCUT2D eigenvalue weighted by molar-refractivity contribution is -0.157. The Bertz CT molecular complexity index is 1660.